The van der Waals surface area contributed by atoms with Crippen molar-refractivity contribution >= 4 is 35.4 Å². The molecule has 0 saturated carbocycles. The second kappa shape index (κ2) is 16.2. The number of urea groups is 1. The van der Waals surface area contributed by atoms with Crippen LogP contribution in [0.2, 0.25) is 0 Å². The minimum atomic E-state index is -5.08. The molecule has 0 radical (unpaired) electrons. The van der Waals surface area contributed by atoms with E-state index in [1.165, 1.54) is 16.8 Å². The second-order valence-electron chi connectivity index (χ2n) is 12.7. The Hall–Kier alpha value is -4.94. The Morgan fingerprint density at radius 2 is 1.54 bits per heavy atom. The highest BCUT2D eigenvalue weighted by atomic mass is 19.4. The summed E-state index contributed by atoms with van der Waals surface area (Å²) in [5.74, 6) is -5.89. The summed E-state index contributed by atoms with van der Waals surface area (Å²) in [5, 5.41) is 9.53. The lowest BCUT2D eigenvalue weighted by molar-refractivity contribution is -0.192. The second-order valence-corrected chi connectivity index (χ2v) is 12.7. The predicted molar refractivity (Wildman–Crippen MR) is 171 cm³/mol. The molecule has 2 aromatic carbocycles. The number of carboxylic acid groups (broad SMARTS) is 1. The number of likely N-dealkylation sites (tertiary alicyclic amines) is 1. The van der Waals surface area contributed by atoms with E-state index in [2.05, 4.69) is 5.32 Å². The van der Waals surface area contributed by atoms with Crippen LogP contribution >= 0.6 is 0 Å². The van der Waals surface area contributed by atoms with E-state index in [-0.39, 0.29) is 25.9 Å². The van der Waals surface area contributed by atoms with Crippen LogP contribution in [-0.2, 0) is 20.6 Å². The van der Waals surface area contributed by atoms with Gasteiger partial charge < -0.3 is 25.0 Å². The summed E-state index contributed by atoms with van der Waals surface area (Å²) in [5.41, 5.74) is -2.77. The maximum atomic E-state index is 14.4. The number of nitrogens with zero attached hydrogens (tertiary/aromatic N) is 4. The van der Waals surface area contributed by atoms with Gasteiger partial charge in [-0.3, -0.25) is 24.2 Å². The zero-order valence-corrected chi connectivity index (χ0v) is 28.8. The molecule has 2 saturated heterocycles. The van der Waals surface area contributed by atoms with E-state index in [1.54, 1.807) is 38.1 Å². The van der Waals surface area contributed by atoms with Gasteiger partial charge in [-0.05, 0) is 75.3 Å². The number of piperidine rings is 1. The first-order chi connectivity index (χ1) is 24.0. The minimum absolute atomic E-state index is 0.0605. The highest BCUT2D eigenvalue weighted by Crippen LogP contribution is 2.41. The Morgan fingerprint density at radius 1 is 0.981 bits per heavy atom. The van der Waals surface area contributed by atoms with Crippen molar-refractivity contribution in [3.05, 3.63) is 59.4 Å². The number of rotatable bonds is 9. The van der Waals surface area contributed by atoms with Gasteiger partial charge in [0.2, 0.25) is 5.91 Å². The molecule has 5 amide bonds. The van der Waals surface area contributed by atoms with Crippen molar-refractivity contribution in [1.29, 1.82) is 0 Å². The van der Waals surface area contributed by atoms with Crippen molar-refractivity contribution in [3.8, 4) is 5.75 Å². The van der Waals surface area contributed by atoms with E-state index in [1.807, 2.05) is 19.0 Å². The molecule has 2 fully saturated rings. The van der Waals surface area contributed by atoms with E-state index >= 15 is 0 Å². The van der Waals surface area contributed by atoms with Gasteiger partial charge in [-0.25, -0.2) is 14.0 Å². The van der Waals surface area contributed by atoms with Crippen molar-refractivity contribution in [2.24, 2.45) is 5.92 Å². The van der Waals surface area contributed by atoms with Gasteiger partial charge in [0.05, 0.1) is 11.1 Å². The maximum absolute atomic E-state index is 14.4. The standard InChI is InChI=1S/C31H37F4N5O5.C2HF3O2/c1-19(2)25(36-26(41)23-18-20(31(33,34)35)6-11-24(23)32)27(42)39-14-12-30(13-15-39)28(43)38(5)29(44)40(30)21-7-9-22(10-8-21)45-17-16-37(3)4;3-2(4,5)1(6)7/h6-11,18-19,25H,12-17H2,1-5H3,(H,36,41);(H,6,7). The fraction of sp³-hybridized carbons (Fsp3) is 0.485. The van der Waals surface area contributed by atoms with Crippen molar-refractivity contribution in [1.82, 2.24) is 20.0 Å². The lowest BCUT2D eigenvalue weighted by Crippen LogP contribution is -2.60. The number of hydrogen-bond donors (Lipinski definition) is 2. The molecule has 2 aliphatic heterocycles. The largest absolute Gasteiger partial charge is 0.492 e. The molecule has 2 aliphatic rings. The van der Waals surface area contributed by atoms with Gasteiger partial charge >= 0.3 is 24.4 Å². The molecule has 2 N–H and O–H groups in total. The molecule has 1 unspecified atom stereocenters. The number of amides is 5. The number of carboxylic acids is 1. The van der Waals surface area contributed by atoms with Crippen molar-refractivity contribution in [2.45, 2.75) is 50.6 Å². The van der Waals surface area contributed by atoms with Crippen molar-refractivity contribution in [3.63, 3.8) is 0 Å². The molecule has 2 aromatic rings. The first-order valence-electron chi connectivity index (χ1n) is 15.8. The van der Waals surface area contributed by atoms with Gasteiger partial charge in [0.25, 0.3) is 11.8 Å². The smallest absolute Gasteiger partial charge is 0.490 e. The summed E-state index contributed by atoms with van der Waals surface area (Å²) in [4.78, 5) is 68.0. The number of carbonyl (C=O) groups excluding carboxylic acids is 4. The summed E-state index contributed by atoms with van der Waals surface area (Å²) in [6.45, 7) is 4.58. The van der Waals surface area contributed by atoms with E-state index in [9.17, 15) is 49.9 Å². The van der Waals surface area contributed by atoms with Gasteiger partial charge in [0.15, 0.2) is 0 Å². The van der Waals surface area contributed by atoms with Gasteiger partial charge in [-0.2, -0.15) is 26.3 Å². The predicted octanol–water partition coefficient (Wildman–Crippen LogP) is 4.63. The topological polar surface area (TPSA) is 140 Å². The van der Waals surface area contributed by atoms with E-state index in [4.69, 9.17) is 14.6 Å². The summed E-state index contributed by atoms with van der Waals surface area (Å²) >= 11 is 0. The van der Waals surface area contributed by atoms with Crippen molar-refractivity contribution in [2.75, 3.05) is 52.3 Å². The zero-order chi connectivity index (χ0) is 39.3. The first-order valence-corrected chi connectivity index (χ1v) is 15.8. The number of nitrogens with one attached hydrogen (secondary N) is 1. The Balaban J connectivity index is 0.000000944. The number of aliphatic carboxylic acids is 1. The summed E-state index contributed by atoms with van der Waals surface area (Å²) in [6.07, 6.45) is -9.66. The SMILES string of the molecule is CC(C)C(NC(=O)c1cc(C(F)(F)F)ccc1F)C(=O)N1CCC2(CC1)C(=O)N(C)C(=O)N2c1ccc(OCCN(C)C)cc1.O=C(O)C(F)(F)F. The van der Waals surface area contributed by atoms with Crippen LogP contribution in [0.3, 0.4) is 0 Å². The van der Waals surface area contributed by atoms with E-state index < -0.39 is 76.5 Å². The number of likely N-dealkylation sites (N-methyl/N-ethyl adjacent to an activating group) is 2. The number of benzene rings is 2. The van der Waals surface area contributed by atoms with Gasteiger partial charge in [-0.1, -0.05) is 13.8 Å². The molecular formula is C33H38F7N5O7. The first kappa shape index (κ1) is 41.5. The number of carbonyl (C=O) groups is 5. The average Bonchev–Trinajstić information content (AvgIpc) is 3.23. The van der Waals surface area contributed by atoms with E-state index in [0.29, 0.717) is 42.8 Å². The monoisotopic (exact) mass is 749 g/mol. The van der Waals surface area contributed by atoms with E-state index in [0.717, 1.165) is 4.90 Å². The van der Waals surface area contributed by atoms with Crippen molar-refractivity contribution < 1.29 is 64.5 Å². The molecule has 12 nitrogen and oxygen atoms in total. The van der Waals surface area contributed by atoms with Crippen LogP contribution in [0, 0.1) is 11.7 Å². The highest BCUT2D eigenvalue weighted by Gasteiger charge is 2.58. The van der Waals surface area contributed by atoms with Crippen LogP contribution in [0.5, 0.6) is 5.75 Å². The lowest BCUT2D eigenvalue weighted by Gasteiger charge is -2.43. The lowest BCUT2D eigenvalue weighted by atomic mass is 9.85. The normalized spacial score (nSPS) is 16.6. The Morgan fingerprint density at radius 3 is 2.02 bits per heavy atom. The molecule has 4 rings (SSSR count). The van der Waals surface area contributed by atoms with Crippen LogP contribution in [0.15, 0.2) is 42.5 Å². The fourth-order valence-electron chi connectivity index (χ4n) is 5.56. The van der Waals surface area contributed by atoms with Crippen LogP contribution in [0.25, 0.3) is 0 Å². The summed E-state index contributed by atoms with van der Waals surface area (Å²) in [7, 11) is 5.26. The Kier molecular flexibility index (Phi) is 12.9. The third-order valence-electron chi connectivity index (χ3n) is 8.41. The molecule has 19 heteroatoms. The molecular weight excluding hydrogens is 711 g/mol. The number of alkyl halides is 6. The number of anilines is 1. The maximum Gasteiger partial charge on any atom is 0.490 e. The highest BCUT2D eigenvalue weighted by molar-refractivity contribution is 6.16. The van der Waals surface area contributed by atoms with Gasteiger partial charge in [0, 0.05) is 32.4 Å². The number of ether oxygens (including phenoxy) is 1. The average molecular weight is 750 g/mol. The molecule has 0 aliphatic carbocycles. The molecule has 1 atom stereocenters. The van der Waals surface area contributed by atoms with Gasteiger partial charge in [0.1, 0.15) is 29.8 Å². The number of halogens is 7. The molecule has 286 valence electrons. The summed E-state index contributed by atoms with van der Waals surface area (Å²) < 4.78 is 91.4. The molecule has 1 spiro atoms. The molecule has 52 heavy (non-hydrogen) atoms. The summed E-state index contributed by atoms with van der Waals surface area (Å²) in [6, 6.07) is 6.66. The molecule has 0 bridgehead atoms. The quantitative estimate of drug-likeness (QED) is 0.280. The minimum Gasteiger partial charge on any atom is -0.492 e. The number of hydrogen-bond acceptors (Lipinski definition) is 7. The van der Waals surface area contributed by atoms with Gasteiger partial charge in [-0.15, -0.1) is 0 Å². The third-order valence-corrected chi connectivity index (χ3v) is 8.41. The van der Waals surface area contributed by atoms with Crippen LogP contribution in [0.4, 0.5) is 41.2 Å². The zero-order valence-electron chi connectivity index (χ0n) is 28.8. The Bertz CT molecular complexity index is 1640. The van der Waals surface area contributed by atoms with Crippen LogP contribution < -0.4 is 15.0 Å². The number of imide groups is 1. The fourth-order valence-corrected chi connectivity index (χ4v) is 5.56. The Labute approximate surface area is 294 Å². The molecule has 2 heterocycles. The molecule has 0 aromatic heterocycles. The van der Waals surface area contributed by atoms with Crippen LogP contribution in [-0.4, -0.2) is 115 Å². The third kappa shape index (κ3) is 9.48. The van der Waals surface area contributed by atoms with Crippen LogP contribution in [0.1, 0.15) is 42.6 Å².